The summed E-state index contributed by atoms with van der Waals surface area (Å²) in [5.74, 6) is 1.96. The molecule has 0 aliphatic rings. The Kier molecular flexibility index (Phi) is 6.45. The Bertz CT molecular complexity index is 1970. The van der Waals surface area contributed by atoms with Gasteiger partial charge in [0.2, 0.25) is 17.6 Å². The molecule has 7 aromatic rings. The van der Waals surface area contributed by atoms with Crippen molar-refractivity contribution in [3.05, 3.63) is 103 Å². The minimum atomic E-state index is 0. The van der Waals surface area contributed by atoms with Crippen molar-refractivity contribution in [2.75, 3.05) is 0 Å². The van der Waals surface area contributed by atoms with E-state index < -0.39 is 0 Å². The van der Waals surface area contributed by atoms with Crippen LogP contribution < -0.4 is 9.47 Å². The molecule has 5 aromatic heterocycles. The predicted octanol–water partition coefficient (Wildman–Crippen LogP) is 7.48. The Morgan fingerprint density at radius 2 is 1.49 bits per heavy atom. The van der Waals surface area contributed by atoms with E-state index >= 15 is 0 Å². The number of fused-ring (bicyclic) bond motifs is 8. The van der Waals surface area contributed by atoms with Gasteiger partial charge in [-0.1, -0.05) is 61.7 Å². The number of ether oxygens (including phenoxy) is 2. The fourth-order valence-corrected chi connectivity index (χ4v) is 4.86. The molecule has 0 aliphatic heterocycles. The van der Waals surface area contributed by atoms with Gasteiger partial charge in [-0.2, -0.15) is 4.98 Å². The molecule has 0 radical (unpaired) electrons. The SMILES string of the molecule is CC(C)c1cccc2c1c1ncc(Oc3cccc(Oc4ccccn4)n3)[c-]c1c1nc3ccccc3n21.[Pt]. The maximum absolute atomic E-state index is 6.11. The molecule has 0 N–H and O–H groups in total. The van der Waals surface area contributed by atoms with Crippen molar-refractivity contribution in [2.45, 2.75) is 19.8 Å². The van der Waals surface area contributed by atoms with Crippen LogP contribution >= 0.6 is 0 Å². The summed E-state index contributed by atoms with van der Waals surface area (Å²) in [5, 5.41) is 1.89. The number of imidazole rings is 1. The molecule has 0 atom stereocenters. The van der Waals surface area contributed by atoms with Gasteiger partial charge in [0.25, 0.3) is 0 Å². The number of rotatable bonds is 5. The van der Waals surface area contributed by atoms with Crippen LogP contribution in [-0.4, -0.2) is 24.3 Å². The predicted molar refractivity (Wildman–Crippen MR) is 147 cm³/mol. The average molecular weight is 692 g/mol. The van der Waals surface area contributed by atoms with E-state index in [0.29, 0.717) is 29.3 Å². The zero-order chi connectivity index (χ0) is 25.6. The fourth-order valence-electron chi connectivity index (χ4n) is 4.86. The maximum atomic E-state index is 6.11. The second-order valence-electron chi connectivity index (χ2n) is 9.31. The molecule has 2 aromatic carbocycles. The van der Waals surface area contributed by atoms with Crippen molar-refractivity contribution in [1.29, 1.82) is 0 Å². The van der Waals surface area contributed by atoms with Gasteiger partial charge in [-0.3, -0.25) is 4.98 Å². The molecule has 7 rings (SSSR count). The van der Waals surface area contributed by atoms with Crippen LogP contribution in [0.1, 0.15) is 25.3 Å². The van der Waals surface area contributed by atoms with Gasteiger partial charge in [-0.05, 0) is 52.8 Å². The van der Waals surface area contributed by atoms with E-state index in [1.807, 2.05) is 36.4 Å². The van der Waals surface area contributed by atoms with Crippen LogP contribution in [0.3, 0.4) is 0 Å². The third-order valence-corrected chi connectivity index (χ3v) is 6.51. The number of para-hydroxylation sites is 2. The molecule has 0 spiro atoms. The molecule has 8 heteroatoms. The molecule has 0 fully saturated rings. The summed E-state index contributed by atoms with van der Waals surface area (Å²) in [5.41, 5.74) is 5.88. The number of hydrogen-bond donors (Lipinski definition) is 0. The third-order valence-electron chi connectivity index (χ3n) is 6.51. The monoisotopic (exact) mass is 691 g/mol. The van der Waals surface area contributed by atoms with Gasteiger partial charge < -0.3 is 18.9 Å². The summed E-state index contributed by atoms with van der Waals surface area (Å²) in [6, 6.07) is 28.8. The van der Waals surface area contributed by atoms with Gasteiger partial charge in [-0.25, -0.2) is 4.98 Å². The first-order chi connectivity index (χ1) is 18.7. The Hall–Kier alpha value is -4.35. The quantitative estimate of drug-likeness (QED) is 0.138. The first kappa shape index (κ1) is 25.0. The number of hydrogen-bond acceptors (Lipinski definition) is 6. The largest absolute Gasteiger partial charge is 0.457 e. The van der Waals surface area contributed by atoms with E-state index in [1.165, 1.54) is 5.56 Å². The van der Waals surface area contributed by atoms with Gasteiger partial charge in [-0.15, -0.1) is 0 Å². The first-order valence-electron chi connectivity index (χ1n) is 12.4. The van der Waals surface area contributed by atoms with Crippen molar-refractivity contribution >= 4 is 38.5 Å². The van der Waals surface area contributed by atoms with Crippen LogP contribution in [0.15, 0.2) is 91.3 Å². The number of aromatic nitrogens is 5. The number of nitrogens with zero attached hydrogens (tertiary/aromatic N) is 5. The molecule has 5 heterocycles. The average Bonchev–Trinajstić information content (AvgIpc) is 3.34. The zero-order valence-electron chi connectivity index (χ0n) is 21.1. The molecular formula is C31H22N5O2Pt-. The molecule has 0 unspecified atom stereocenters. The van der Waals surface area contributed by atoms with Crippen molar-refractivity contribution < 1.29 is 30.5 Å². The Balaban J connectivity index is 0.00000277. The third kappa shape index (κ3) is 4.39. The van der Waals surface area contributed by atoms with Gasteiger partial charge in [0, 0.05) is 51.0 Å². The van der Waals surface area contributed by atoms with E-state index in [4.69, 9.17) is 19.4 Å². The van der Waals surface area contributed by atoms with E-state index in [2.05, 4.69) is 58.5 Å². The van der Waals surface area contributed by atoms with Gasteiger partial charge in [0.1, 0.15) is 0 Å². The molecule has 0 saturated heterocycles. The van der Waals surface area contributed by atoms with Crippen molar-refractivity contribution in [3.63, 3.8) is 0 Å². The summed E-state index contributed by atoms with van der Waals surface area (Å²) in [4.78, 5) is 18.5. The van der Waals surface area contributed by atoms with E-state index in [9.17, 15) is 0 Å². The number of pyridine rings is 4. The van der Waals surface area contributed by atoms with Crippen LogP contribution in [0.5, 0.6) is 23.4 Å². The summed E-state index contributed by atoms with van der Waals surface area (Å²) in [7, 11) is 0. The maximum Gasteiger partial charge on any atom is 0.224 e. The van der Waals surface area contributed by atoms with Crippen LogP contribution in [0.4, 0.5) is 0 Å². The van der Waals surface area contributed by atoms with Gasteiger partial charge in [0.05, 0.1) is 22.4 Å². The molecular weight excluding hydrogens is 669 g/mol. The molecule has 0 aliphatic carbocycles. The van der Waals surface area contributed by atoms with Gasteiger partial charge >= 0.3 is 0 Å². The molecule has 194 valence electrons. The topological polar surface area (TPSA) is 74.4 Å². The Labute approximate surface area is 238 Å². The molecule has 0 saturated carbocycles. The number of benzene rings is 2. The van der Waals surface area contributed by atoms with Crippen LogP contribution in [0.25, 0.3) is 38.5 Å². The Morgan fingerprint density at radius 1 is 0.744 bits per heavy atom. The molecule has 39 heavy (non-hydrogen) atoms. The minimum absolute atomic E-state index is 0. The van der Waals surface area contributed by atoms with E-state index in [0.717, 1.165) is 38.5 Å². The van der Waals surface area contributed by atoms with Crippen molar-refractivity contribution in [3.8, 4) is 23.4 Å². The van der Waals surface area contributed by atoms with Crippen LogP contribution in [-0.2, 0) is 21.1 Å². The van der Waals surface area contributed by atoms with Crippen LogP contribution in [0.2, 0.25) is 0 Å². The first-order valence-corrected chi connectivity index (χ1v) is 12.4. The van der Waals surface area contributed by atoms with E-state index in [-0.39, 0.29) is 21.1 Å². The zero-order valence-corrected chi connectivity index (χ0v) is 23.4. The summed E-state index contributed by atoms with van der Waals surface area (Å²) >= 11 is 0. The van der Waals surface area contributed by atoms with Crippen molar-refractivity contribution in [2.24, 2.45) is 0 Å². The minimum Gasteiger partial charge on any atom is -0.457 e. The molecule has 0 amide bonds. The standard InChI is InChI=1S/C31H22N5O2.Pt/c1-19(2)21-9-7-12-25-29(21)30-22(31-34-23-10-3-4-11-24(23)36(25)31)17-20(18-33-30)37-27-14-8-15-28(35-27)38-26-13-5-6-16-32-26;/h3-16,18-19H,1-2H3;/q-1;. The Morgan fingerprint density at radius 3 is 2.31 bits per heavy atom. The summed E-state index contributed by atoms with van der Waals surface area (Å²) in [6.45, 7) is 4.40. The van der Waals surface area contributed by atoms with Crippen molar-refractivity contribution in [1.82, 2.24) is 24.3 Å². The second kappa shape index (κ2) is 10.1. The molecule has 0 bridgehead atoms. The second-order valence-corrected chi connectivity index (χ2v) is 9.31. The normalized spacial score (nSPS) is 11.4. The summed E-state index contributed by atoms with van der Waals surface area (Å²) in [6.07, 6.45) is 3.35. The van der Waals surface area contributed by atoms with E-state index in [1.54, 1.807) is 30.6 Å². The van der Waals surface area contributed by atoms with Crippen LogP contribution in [0, 0.1) is 6.07 Å². The molecule has 7 nitrogen and oxygen atoms in total. The van der Waals surface area contributed by atoms with Gasteiger partial charge in [0.15, 0.2) is 0 Å². The fraction of sp³-hybridized carbons (Fsp3) is 0.0968. The summed E-state index contributed by atoms with van der Waals surface area (Å²) < 4.78 is 14.1. The smallest absolute Gasteiger partial charge is 0.224 e.